The fourth-order valence-electron chi connectivity index (χ4n) is 4.36. The number of fused-ring (bicyclic) bond motifs is 2. The van der Waals surface area contributed by atoms with Gasteiger partial charge in [0, 0.05) is 25.1 Å². The third kappa shape index (κ3) is 3.32. The normalized spacial score (nSPS) is 17.8. The maximum atomic E-state index is 12.3. The zero-order chi connectivity index (χ0) is 22.6. The first-order chi connectivity index (χ1) is 16.0. The molecule has 6 rings (SSSR count). The standard InChI is InChI=1S/C22H23N9O2/c1-22(2)16-4-3-15(9-17(16)26-20(22)32)31-19-18(28-29-31)11-23-21(27-19)25-13-10-24-30(12-13)14-5-7-33-8-6-14/h3-4,9-12,14H,5-8H2,1-2H3,(H,26,32)(H,23,25,27). The molecule has 0 spiro atoms. The van der Waals surface area contributed by atoms with Gasteiger partial charge in [0.25, 0.3) is 0 Å². The van der Waals surface area contributed by atoms with Gasteiger partial charge in [-0.2, -0.15) is 14.8 Å². The Morgan fingerprint density at radius 3 is 2.91 bits per heavy atom. The minimum atomic E-state index is -0.563. The summed E-state index contributed by atoms with van der Waals surface area (Å²) in [5, 5.41) is 19.1. The van der Waals surface area contributed by atoms with Crippen molar-refractivity contribution in [3.05, 3.63) is 42.4 Å². The second-order valence-corrected chi connectivity index (χ2v) is 8.89. The van der Waals surface area contributed by atoms with Gasteiger partial charge in [-0.15, -0.1) is 5.10 Å². The van der Waals surface area contributed by atoms with Crippen LogP contribution in [0.15, 0.2) is 36.8 Å². The predicted molar refractivity (Wildman–Crippen MR) is 121 cm³/mol. The molecule has 4 aromatic rings. The Morgan fingerprint density at radius 2 is 2.06 bits per heavy atom. The fourth-order valence-corrected chi connectivity index (χ4v) is 4.36. The Labute approximate surface area is 189 Å². The Bertz CT molecular complexity index is 1370. The second-order valence-electron chi connectivity index (χ2n) is 8.89. The zero-order valence-corrected chi connectivity index (χ0v) is 18.3. The van der Waals surface area contributed by atoms with E-state index >= 15 is 0 Å². The SMILES string of the molecule is CC1(C)C(=O)Nc2cc(-n3nnc4cnc(Nc5cnn(C6CCOCC6)c5)nc43)ccc21. The van der Waals surface area contributed by atoms with E-state index in [9.17, 15) is 4.79 Å². The van der Waals surface area contributed by atoms with Gasteiger partial charge in [-0.25, -0.2) is 4.98 Å². The molecule has 3 aromatic heterocycles. The van der Waals surface area contributed by atoms with Crippen molar-refractivity contribution in [2.45, 2.75) is 38.1 Å². The number of anilines is 3. The molecule has 2 aliphatic rings. The molecule has 1 amide bonds. The third-order valence-electron chi connectivity index (χ3n) is 6.35. The highest BCUT2D eigenvalue weighted by atomic mass is 16.5. The summed E-state index contributed by atoms with van der Waals surface area (Å²) < 4.78 is 9.04. The number of nitrogens with zero attached hydrogens (tertiary/aromatic N) is 7. The van der Waals surface area contributed by atoms with Gasteiger partial charge in [0.2, 0.25) is 11.9 Å². The Kier molecular flexibility index (Phi) is 4.40. The monoisotopic (exact) mass is 445 g/mol. The van der Waals surface area contributed by atoms with Crippen molar-refractivity contribution in [2.24, 2.45) is 0 Å². The van der Waals surface area contributed by atoms with Gasteiger partial charge < -0.3 is 15.4 Å². The highest BCUT2D eigenvalue weighted by Crippen LogP contribution is 2.38. The number of carbonyl (C=O) groups excluding carboxylic acids is 1. The van der Waals surface area contributed by atoms with E-state index in [4.69, 9.17) is 4.74 Å². The van der Waals surface area contributed by atoms with Crippen LogP contribution in [-0.2, 0) is 14.9 Å². The van der Waals surface area contributed by atoms with E-state index in [1.54, 1.807) is 17.1 Å². The smallest absolute Gasteiger partial charge is 0.234 e. The van der Waals surface area contributed by atoms with Gasteiger partial charge >= 0.3 is 0 Å². The van der Waals surface area contributed by atoms with Crippen LogP contribution in [0.4, 0.5) is 17.3 Å². The Balaban J connectivity index is 1.29. The first-order valence-corrected chi connectivity index (χ1v) is 10.9. The molecule has 2 aliphatic heterocycles. The molecule has 0 radical (unpaired) electrons. The van der Waals surface area contributed by atoms with Crippen LogP contribution < -0.4 is 10.6 Å². The number of carbonyl (C=O) groups is 1. The molecule has 5 heterocycles. The molecule has 0 aliphatic carbocycles. The van der Waals surface area contributed by atoms with Crippen molar-refractivity contribution >= 4 is 34.4 Å². The van der Waals surface area contributed by atoms with Gasteiger partial charge in [0.05, 0.1) is 35.2 Å². The summed E-state index contributed by atoms with van der Waals surface area (Å²) in [5.74, 6) is 0.404. The van der Waals surface area contributed by atoms with Crippen LogP contribution in [0.3, 0.4) is 0 Å². The molecular formula is C22H23N9O2. The Morgan fingerprint density at radius 1 is 1.21 bits per heavy atom. The van der Waals surface area contributed by atoms with Crippen LogP contribution in [-0.4, -0.2) is 53.9 Å². The van der Waals surface area contributed by atoms with Crippen molar-refractivity contribution in [3.8, 4) is 5.69 Å². The molecule has 1 aromatic carbocycles. The molecule has 1 saturated heterocycles. The summed E-state index contributed by atoms with van der Waals surface area (Å²) in [6.45, 7) is 5.34. The summed E-state index contributed by atoms with van der Waals surface area (Å²) in [4.78, 5) is 21.3. The van der Waals surface area contributed by atoms with Crippen molar-refractivity contribution in [3.63, 3.8) is 0 Å². The number of hydrogen-bond donors (Lipinski definition) is 2. The van der Waals surface area contributed by atoms with Crippen LogP contribution in [0.25, 0.3) is 16.9 Å². The van der Waals surface area contributed by atoms with Gasteiger partial charge in [0.1, 0.15) is 0 Å². The number of aromatic nitrogens is 7. The van der Waals surface area contributed by atoms with E-state index in [0.29, 0.717) is 23.2 Å². The van der Waals surface area contributed by atoms with Gasteiger partial charge in [-0.1, -0.05) is 11.3 Å². The first-order valence-electron chi connectivity index (χ1n) is 10.9. The lowest BCUT2D eigenvalue weighted by Crippen LogP contribution is -2.26. The van der Waals surface area contributed by atoms with Crippen molar-refractivity contribution < 1.29 is 9.53 Å². The quantitative estimate of drug-likeness (QED) is 0.491. The van der Waals surface area contributed by atoms with Crippen molar-refractivity contribution in [1.29, 1.82) is 0 Å². The molecule has 0 atom stereocenters. The van der Waals surface area contributed by atoms with E-state index in [1.807, 2.05) is 42.9 Å². The lowest BCUT2D eigenvalue weighted by molar-refractivity contribution is -0.119. The number of hydrogen-bond acceptors (Lipinski definition) is 8. The number of nitrogens with one attached hydrogen (secondary N) is 2. The Hall–Kier alpha value is -3.86. The predicted octanol–water partition coefficient (Wildman–Crippen LogP) is 2.73. The fraction of sp³-hybridized carbons (Fsp3) is 0.364. The molecule has 11 nitrogen and oxygen atoms in total. The minimum Gasteiger partial charge on any atom is -0.381 e. The first kappa shape index (κ1) is 19.8. The molecule has 0 unspecified atom stereocenters. The number of ether oxygens (including phenoxy) is 1. The van der Waals surface area contributed by atoms with Gasteiger partial charge in [-0.05, 0) is 44.4 Å². The lowest BCUT2D eigenvalue weighted by atomic mass is 9.86. The van der Waals surface area contributed by atoms with E-state index in [1.165, 1.54) is 0 Å². The number of amides is 1. The molecule has 0 bridgehead atoms. The molecule has 11 heteroatoms. The molecule has 33 heavy (non-hydrogen) atoms. The zero-order valence-electron chi connectivity index (χ0n) is 18.3. The summed E-state index contributed by atoms with van der Waals surface area (Å²) in [7, 11) is 0. The largest absolute Gasteiger partial charge is 0.381 e. The molecule has 0 saturated carbocycles. The highest BCUT2D eigenvalue weighted by Gasteiger charge is 2.38. The summed E-state index contributed by atoms with van der Waals surface area (Å²) >= 11 is 0. The van der Waals surface area contributed by atoms with Crippen molar-refractivity contribution in [1.82, 2.24) is 34.7 Å². The second kappa shape index (κ2) is 7.34. The van der Waals surface area contributed by atoms with E-state index in [0.717, 1.165) is 48.7 Å². The lowest BCUT2D eigenvalue weighted by Gasteiger charge is -2.22. The molecular weight excluding hydrogens is 422 g/mol. The summed E-state index contributed by atoms with van der Waals surface area (Å²) in [6, 6.07) is 6.10. The molecule has 1 fully saturated rings. The van der Waals surface area contributed by atoms with Gasteiger partial charge in [0.15, 0.2) is 11.2 Å². The molecule has 168 valence electrons. The summed E-state index contributed by atoms with van der Waals surface area (Å²) in [6.07, 6.45) is 7.27. The van der Waals surface area contributed by atoms with Crippen LogP contribution in [0.5, 0.6) is 0 Å². The van der Waals surface area contributed by atoms with Crippen LogP contribution >= 0.6 is 0 Å². The maximum Gasteiger partial charge on any atom is 0.234 e. The number of benzene rings is 1. The van der Waals surface area contributed by atoms with E-state index in [2.05, 4.69) is 36.0 Å². The summed E-state index contributed by atoms with van der Waals surface area (Å²) in [5.41, 5.74) is 3.87. The van der Waals surface area contributed by atoms with Crippen LogP contribution in [0.2, 0.25) is 0 Å². The van der Waals surface area contributed by atoms with E-state index < -0.39 is 5.41 Å². The number of rotatable bonds is 4. The molecule has 2 N–H and O–H groups in total. The minimum absolute atomic E-state index is 0.0202. The van der Waals surface area contributed by atoms with Crippen molar-refractivity contribution in [2.75, 3.05) is 23.8 Å². The van der Waals surface area contributed by atoms with Gasteiger partial charge in [-0.3, -0.25) is 9.48 Å². The highest BCUT2D eigenvalue weighted by molar-refractivity contribution is 6.05. The maximum absolute atomic E-state index is 12.3. The van der Waals surface area contributed by atoms with Crippen LogP contribution in [0.1, 0.15) is 38.3 Å². The topological polar surface area (TPSA) is 125 Å². The van der Waals surface area contributed by atoms with Crippen LogP contribution in [0, 0.1) is 0 Å². The average Bonchev–Trinajstić information content (AvgIpc) is 3.51. The van der Waals surface area contributed by atoms with E-state index in [-0.39, 0.29) is 5.91 Å². The average molecular weight is 445 g/mol. The third-order valence-corrected chi connectivity index (χ3v) is 6.35.